The Balaban J connectivity index is 1.17. The Morgan fingerprint density at radius 2 is 1.91 bits per heavy atom. The number of sulfone groups is 1. The van der Waals surface area contributed by atoms with Crippen LogP contribution in [0.25, 0.3) is 0 Å². The van der Waals surface area contributed by atoms with Gasteiger partial charge in [-0.15, -0.1) is 0 Å². The number of aromatic nitrogens is 2. The lowest BCUT2D eigenvalue weighted by Crippen LogP contribution is -2.30. The monoisotopic (exact) mass is 502 g/mol. The molecule has 0 N–H and O–H groups in total. The zero-order chi connectivity index (χ0) is 24.6. The van der Waals surface area contributed by atoms with Crippen molar-refractivity contribution in [2.24, 2.45) is 0 Å². The lowest BCUT2D eigenvalue weighted by molar-refractivity contribution is -0.129. The van der Waals surface area contributed by atoms with Crippen LogP contribution in [0.2, 0.25) is 0 Å². The Kier molecular flexibility index (Phi) is 6.63. The zero-order valence-corrected chi connectivity index (χ0v) is 20.6. The first-order valence-electron chi connectivity index (χ1n) is 12.1. The van der Waals surface area contributed by atoms with Crippen LogP contribution in [0.15, 0.2) is 27.6 Å². The number of fused-ring (bicyclic) bond motifs is 1. The standard InChI is InChI=1S/C24H30N4O6S/c1-16(29)28-10-5-18-14-20(2-3-21(18)28)35(31,32)13-8-22(30)27-9-4-19(15-27)24-25-23(26-34-24)17-6-11-33-12-7-17/h2-3,14,17,19H,4-13,15H2,1H3. The van der Waals surface area contributed by atoms with Crippen LogP contribution < -0.4 is 4.90 Å². The maximum Gasteiger partial charge on any atom is 0.231 e. The van der Waals surface area contributed by atoms with E-state index < -0.39 is 9.84 Å². The average molecular weight is 503 g/mol. The number of carbonyl (C=O) groups is 2. The Morgan fingerprint density at radius 3 is 2.69 bits per heavy atom. The highest BCUT2D eigenvalue weighted by molar-refractivity contribution is 7.91. The zero-order valence-electron chi connectivity index (χ0n) is 19.8. The first-order chi connectivity index (χ1) is 16.8. The van der Waals surface area contributed by atoms with Crippen molar-refractivity contribution < 1.29 is 27.3 Å². The number of carbonyl (C=O) groups excluding carboxylic acids is 2. The van der Waals surface area contributed by atoms with Crippen molar-refractivity contribution in [2.75, 3.05) is 43.5 Å². The second kappa shape index (κ2) is 9.69. The van der Waals surface area contributed by atoms with Gasteiger partial charge < -0.3 is 19.1 Å². The van der Waals surface area contributed by atoms with Crippen molar-refractivity contribution in [1.82, 2.24) is 15.0 Å². The van der Waals surface area contributed by atoms with E-state index in [0.29, 0.717) is 57.4 Å². The molecular formula is C24H30N4O6S. The van der Waals surface area contributed by atoms with Gasteiger partial charge in [0.1, 0.15) is 0 Å². The smallest absolute Gasteiger partial charge is 0.231 e. The van der Waals surface area contributed by atoms with Crippen molar-refractivity contribution in [3.8, 4) is 0 Å². The van der Waals surface area contributed by atoms with E-state index in [4.69, 9.17) is 9.26 Å². The maximum absolute atomic E-state index is 12.9. The predicted molar refractivity (Wildman–Crippen MR) is 126 cm³/mol. The topological polar surface area (TPSA) is 123 Å². The largest absolute Gasteiger partial charge is 0.381 e. The number of hydrogen-bond acceptors (Lipinski definition) is 8. The second-order valence-electron chi connectivity index (χ2n) is 9.48. The van der Waals surface area contributed by atoms with Crippen LogP contribution in [-0.2, 0) is 30.6 Å². The summed E-state index contributed by atoms with van der Waals surface area (Å²) in [6, 6.07) is 4.84. The molecule has 2 fully saturated rings. The molecule has 1 aromatic carbocycles. The third-order valence-corrected chi connectivity index (χ3v) is 8.92. The highest BCUT2D eigenvalue weighted by Gasteiger charge is 2.33. The van der Waals surface area contributed by atoms with E-state index in [2.05, 4.69) is 10.1 Å². The predicted octanol–water partition coefficient (Wildman–Crippen LogP) is 2.05. The van der Waals surface area contributed by atoms with Gasteiger partial charge in [-0.25, -0.2) is 8.42 Å². The minimum Gasteiger partial charge on any atom is -0.381 e. The highest BCUT2D eigenvalue weighted by Crippen LogP contribution is 2.32. The van der Waals surface area contributed by atoms with E-state index in [9.17, 15) is 18.0 Å². The number of likely N-dealkylation sites (tertiary alicyclic amines) is 1. The minimum atomic E-state index is -3.62. The fraction of sp³-hybridized carbons (Fsp3) is 0.583. The normalized spacial score (nSPS) is 20.9. The summed E-state index contributed by atoms with van der Waals surface area (Å²) in [5, 5.41) is 4.15. The molecule has 3 aliphatic heterocycles. The number of rotatable bonds is 6. The van der Waals surface area contributed by atoms with E-state index in [-0.39, 0.29) is 40.7 Å². The summed E-state index contributed by atoms with van der Waals surface area (Å²) in [6.45, 7) is 4.44. The van der Waals surface area contributed by atoms with Crippen molar-refractivity contribution in [2.45, 2.75) is 55.8 Å². The van der Waals surface area contributed by atoms with Crippen molar-refractivity contribution >= 4 is 27.3 Å². The molecule has 0 radical (unpaired) electrons. The van der Waals surface area contributed by atoms with Crippen LogP contribution in [-0.4, -0.2) is 73.9 Å². The van der Waals surface area contributed by atoms with Crippen LogP contribution in [0.5, 0.6) is 0 Å². The minimum absolute atomic E-state index is 0.0300. The second-order valence-corrected chi connectivity index (χ2v) is 11.6. The van der Waals surface area contributed by atoms with Crippen LogP contribution in [0.4, 0.5) is 5.69 Å². The van der Waals surface area contributed by atoms with E-state index in [0.717, 1.165) is 24.1 Å². The molecule has 0 spiro atoms. The van der Waals surface area contributed by atoms with Gasteiger partial charge in [0.25, 0.3) is 0 Å². The molecule has 2 aromatic rings. The van der Waals surface area contributed by atoms with Gasteiger partial charge in [0.2, 0.25) is 17.7 Å². The van der Waals surface area contributed by atoms with Crippen LogP contribution in [0.3, 0.4) is 0 Å². The summed E-state index contributed by atoms with van der Waals surface area (Å²) in [6.07, 6.45) is 3.01. The van der Waals surface area contributed by atoms with Crippen molar-refractivity contribution in [1.29, 1.82) is 0 Å². The van der Waals surface area contributed by atoms with Gasteiger partial charge in [-0.3, -0.25) is 9.59 Å². The molecule has 5 rings (SSSR count). The SMILES string of the molecule is CC(=O)N1CCc2cc(S(=O)(=O)CCC(=O)N3CCC(c4nc(C5CCOCC5)no4)C3)ccc21. The number of benzene rings is 1. The molecule has 35 heavy (non-hydrogen) atoms. The van der Waals surface area contributed by atoms with Gasteiger partial charge in [-0.2, -0.15) is 4.98 Å². The van der Waals surface area contributed by atoms with Gasteiger partial charge >= 0.3 is 0 Å². The van der Waals surface area contributed by atoms with Crippen LogP contribution >= 0.6 is 0 Å². The molecule has 0 bridgehead atoms. The molecule has 2 amide bonds. The summed E-state index contributed by atoms with van der Waals surface area (Å²) in [4.78, 5) is 32.6. The number of amides is 2. The summed E-state index contributed by atoms with van der Waals surface area (Å²) in [7, 11) is -3.62. The number of hydrogen-bond donors (Lipinski definition) is 0. The quantitative estimate of drug-likeness (QED) is 0.588. The summed E-state index contributed by atoms with van der Waals surface area (Å²) >= 11 is 0. The lowest BCUT2D eigenvalue weighted by Gasteiger charge is -2.18. The van der Waals surface area contributed by atoms with E-state index >= 15 is 0 Å². The molecule has 4 heterocycles. The molecular weight excluding hydrogens is 472 g/mol. The molecule has 10 nitrogen and oxygen atoms in total. The highest BCUT2D eigenvalue weighted by atomic mass is 32.2. The third-order valence-electron chi connectivity index (χ3n) is 7.20. The molecule has 1 aromatic heterocycles. The molecule has 0 aliphatic carbocycles. The lowest BCUT2D eigenvalue weighted by atomic mass is 10.00. The Hall–Kier alpha value is -2.79. The molecule has 1 atom stereocenters. The van der Waals surface area contributed by atoms with Crippen molar-refractivity contribution in [3.05, 3.63) is 35.5 Å². The third kappa shape index (κ3) is 4.97. The van der Waals surface area contributed by atoms with E-state index in [1.807, 2.05) is 0 Å². The molecule has 3 aliphatic rings. The Bertz CT molecular complexity index is 1220. The average Bonchev–Trinajstić information content (AvgIpc) is 3.61. The first kappa shape index (κ1) is 23.9. The van der Waals surface area contributed by atoms with Gasteiger partial charge in [0.15, 0.2) is 15.7 Å². The number of nitrogens with zero attached hydrogens (tertiary/aromatic N) is 4. The molecule has 2 saturated heterocycles. The van der Waals surface area contributed by atoms with Gasteiger partial charge in [0.05, 0.1) is 16.6 Å². The summed E-state index contributed by atoms with van der Waals surface area (Å²) in [5.41, 5.74) is 1.60. The van der Waals surface area contributed by atoms with Crippen LogP contribution in [0.1, 0.15) is 61.7 Å². The summed E-state index contributed by atoms with van der Waals surface area (Å²) < 4.78 is 36.7. The first-order valence-corrected chi connectivity index (χ1v) is 13.8. The van der Waals surface area contributed by atoms with Gasteiger partial charge in [-0.1, -0.05) is 5.16 Å². The Labute approximate surface area is 204 Å². The summed E-state index contributed by atoms with van der Waals surface area (Å²) in [5.74, 6) is 0.967. The molecule has 0 saturated carbocycles. The van der Waals surface area contributed by atoms with E-state index in [1.165, 1.54) is 13.0 Å². The molecule has 11 heteroatoms. The van der Waals surface area contributed by atoms with Crippen LogP contribution in [0, 0.1) is 0 Å². The van der Waals surface area contributed by atoms with Gasteiger partial charge in [-0.05, 0) is 49.4 Å². The van der Waals surface area contributed by atoms with Crippen molar-refractivity contribution in [3.63, 3.8) is 0 Å². The Morgan fingerprint density at radius 1 is 1.11 bits per heavy atom. The molecule has 1 unspecified atom stereocenters. The van der Waals surface area contributed by atoms with Gasteiger partial charge in [0, 0.05) is 57.8 Å². The maximum atomic E-state index is 12.9. The fourth-order valence-corrected chi connectivity index (χ4v) is 6.40. The molecule has 188 valence electrons. The fourth-order valence-electron chi connectivity index (χ4n) is 5.12. The van der Waals surface area contributed by atoms with E-state index in [1.54, 1.807) is 21.9 Å². The number of ether oxygens (including phenoxy) is 1. The number of anilines is 1.